The molecule has 1 saturated carbocycles. The number of nitrogens with one attached hydrogen (secondary N) is 1. The third-order valence-corrected chi connectivity index (χ3v) is 4.45. The molecule has 2 aromatic heterocycles. The minimum Gasteiger partial charge on any atom is -0.440 e. The number of rotatable bonds is 7. The second kappa shape index (κ2) is 5.88. The topological polar surface area (TPSA) is 38.1 Å². The summed E-state index contributed by atoms with van der Waals surface area (Å²) < 4.78 is 5.86. The van der Waals surface area contributed by atoms with Gasteiger partial charge in [0.15, 0.2) is 11.7 Å². The highest BCUT2D eigenvalue weighted by molar-refractivity contribution is 7.13. The quantitative estimate of drug-likeness (QED) is 0.784. The molecule has 0 aliphatic heterocycles. The third-order valence-electron chi connectivity index (χ3n) is 3.48. The van der Waals surface area contributed by atoms with Gasteiger partial charge in [-0.05, 0) is 49.2 Å². The molecule has 1 fully saturated rings. The standard InChI is InChI=1S/C15H20N2OS/c1-2-11-7-9-19-15(11)13-10-17-14(18-13)4-3-8-16-12-5-6-12/h7,9-10,12,16H,2-6,8H2,1H3. The predicted molar refractivity (Wildman–Crippen MR) is 78.5 cm³/mol. The molecular formula is C15H20N2OS. The van der Waals surface area contributed by atoms with E-state index < -0.39 is 0 Å². The molecule has 102 valence electrons. The van der Waals surface area contributed by atoms with Gasteiger partial charge in [0, 0.05) is 12.5 Å². The number of aryl methyl sites for hydroxylation is 2. The highest BCUT2D eigenvalue weighted by Crippen LogP contribution is 2.30. The summed E-state index contributed by atoms with van der Waals surface area (Å²) in [5.74, 6) is 1.79. The molecule has 1 aliphatic rings. The van der Waals surface area contributed by atoms with Crippen molar-refractivity contribution >= 4 is 11.3 Å². The summed E-state index contributed by atoms with van der Waals surface area (Å²) in [7, 11) is 0. The van der Waals surface area contributed by atoms with Crippen LogP contribution in [0, 0.1) is 0 Å². The number of nitrogens with zero attached hydrogens (tertiary/aromatic N) is 1. The van der Waals surface area contributed by atoms with Gasteiger partial charge in [-0.2, -0.15) is 0 Å². The lowest BCUT2D eigenvalue weighted by Crippen LogP contribution is -2.17. The maximum absolute atomic E-state index is 5.86. The largest absolute Gasteiger partial charge is 0.440 e. The molecule has 2 heterocycles. The first-order valence-corrected chi connectivity index (χ1v) is 7.99. The number of oxazole rings is 1. The van der Waals surface area contributed by atoms with E-state index in [1.165, 1.54) is 23.3 Å². The Hall–Kier alpha value is -1.13. The zero-order valence-corrected chi connectivity index (χ0v) is 12.1. The lowest BCUT2D eigenvalue weighted by molar-refractivity contribution is 0.492. The first-order valence-electron chi connectivity index (χ1n) is 7.11. The van der Waals surface area contributed by atoms with Crippen LogP contribution in [0.3, 0.4) is 0 Å². The number of hydrogen-bond acceptors (Lipinski definition) is 4. The van der Waals surface area contributed by atoms with Crippen LogP contribution in [0.25, 0.3) is 10.6 Å². The van der Waals surface area contributed by atoms with Crippen molar-refractivity contribution in [2.24, 2.45) is 0 Å². The Balaban J connectivity index is 1.56. The van der Waals surface area contributed by atoms with Gasteiger partial charge in [-0.25, -0.2) is 4.98 Å². The molecule has 0 amide bonds. The molecule has 3 rings (SSSR count). The summed E-state index contributed by atoms with van der Waals surface area (Å²) in [6, 6.07) is 2.96. The molecule has 1 aliphatic carbocycles. The van der Waals surface area contributed by atoms with Crippen LogP contribution in [0.1, 0.15) is 37.6 Å². The van der Waals surface area contributed by atoms with Crippen LogP contribution in [0.2, 0.25) is 0 Å². The highest BCUT2D eigenvalue weighted by atomic mass is 32.1. The first kappa shape index (κ1) is 12.9. The lowest BCUT2D eigenvalue weighted by atomic mass is 10.2. The van der Waals surface area contributed by atoms with Crippen LogP contribution in [0.15, 0.2) is 22.1 Å². The van der Waals surface area contributed by atoms with Crippen LogP contribution < -0.4 is 5.32 Å². The zero-order chi connectivity index (χ0) is 13.1. The van der Waals surface area contributed by atoms with Crippen molar-refractivity contribution in [3.05, 3.63) is 29.1 Å². The fourth-order valence-electron chi connectivity index (χ4n) is 2.19. The summed E-state index contributed by atoms with van der Waals surface area (Å²) in [5.41, 5.74) is 1.35. The van der Waals surface area contributed by atoms with E-state index in [4.69, 9.17) is 4.42 Å². The minimum atomic E-state index is 0.790. The molecule has 0 saturated heterocycles. The lowest BCUT2D eigenvalue weighted by Gasteiger charge is -2.00. The summed E-state index contributed by atoms with van der Waals surface area (Å²) in [5, 5.41) is 5.63. The summed E-state index contributed by atoms with van der Waals surface area (Å²) in [6.07, 6.45) is 7.63. The van der Waals surface area contributed by atoms with Gasteiger partial charge in [0.05, 0.1) is 11.1 Å². The Kier molecular flexibility index (Phi) is 3.99. The molecule has 19 heavy (non-hydrogen) atoms. The van der Waals surface area contributed by atoms with Gasteiger partial charge < -0.3 is 9.73 Å². The Morgan fingerprint density at radius 3 is 3.16 bits per heavy atom. The molecule has 0 unspecified atom stereocenters. The average molecular weight is 276 g/mol. The van der Waals surface area contributed by atoms with Crippen molar-refractivity contribution in [2.45, 2.75) is 45.1 Å². The SMILES string of the molecule is CCc1ccsc1-c1cnc(CCCNC2CC2)o1. The average Bonchev–Trinajstić information content (AvgIpc) is 2.94. The van der Waals surface area contributed by atoms with Crippen LogP contribution >= 0.6 is 11.3 Å². The molecule has 0 atom stereocenters. The summed E-state index contributed by atoms with van der Waals surface area (Å²) in [6.45, 7) is 3.24. The molecule has 4 heteroatoms. The molecule has 2 aromatic rings. The first-order chi connectivity index (χ1) is 9.36. The second-order valence-electron chi connectivity index (χ2n) is 5.08. The molecule has 3 nitrogen and oxygen atoms in total. The predicted octanol–water partition coefficient (Wildman–Crippen LogP) is 3.65. The number of aromatic nitrogens is 1. The van der Waals surface area contributed by atoms with Crippen LogP contribution in [0.5, 0.6) is 0 Å². The highest BCUT2D eigenvalue weighted by Gasteiger charge is 2.19. The van der Waals surface area contributed by atoms with Gasteiger partial charge in [-0.3, -0.25) is 0 Å². The van der Waals surface area contributed by atoms with Gasteiger partial charge in [-0.15, -0.1) is 11.3 Å². The molecule has 0 spiro atoms. The van der Waals surface area contributed by atoms with E-state index in [9.17, 15) is 0 Å². The van der Waals surface area contributed by atoms with Crippen molar-refractivity contribution < 1.29 is 4.42 Å². The van der Waals surface area contributed by atoms with Crippen molar-refractivity contribution in [3.63, 3.8) is 0 Å². The van der Waals surface area contributed by atoms with E-state index in [0.29, 0.717) is 0 Å². The maximum atomic E-state index is 5.86. The summed E-state index contributed by atoms with van der Waals surface area (Å²) in [4.78, 5) is 5.63. The van der Waals surface area contributed by atoms with Crippen LogP contribution in [-0.2, 0) is 12.8 Å². The van der Waals surface area contributed by atoms with Crippen LogP contribution in [-0.4, -0.2) is 17.6 Å². The monoisotopic (exact) mass is 276 g/mol. The van der Waals surface area contributed by atoms with Gasteiger partial charge in [0.1, 0.15) is 0 Å². The molecule has 1 N–H and O–H groups in total. The van der Waals surface area contributed by atoms with Gasteiger partial charge in [-0.1, -0.05) is 6.92 Å². The fourth-order valence-corrected chi connectivity index (χ4v) is 3.14. The van der Waals surface area contributed by atoms with E-state index in [1.807, 2.05) is 6.20 Å². The zero-order valence-electron chi connectivity index (χ0n) is 11.3. The molecule has 0 aromatic carbocycles. The second-order valence-corrected chi connectivity index (χ2v) is 5.99. The van der Waals surface area contributed by atoms with E-state index in [1.54, 1.807) is 11.3 Å². The van der Waals surface area contributed by atoms with Crippen molar-refractivity contribution in [1.82, 2.24) is 10.3 Å². The normalized spacial score (nSPS) is 15.0. The Morgan fingerprint density at radius 2 is 2.37 bits per heavy atom. The van der Waals surface area contributed by atoms with Crippen LogP contribution in [0.4, 0.5) is 0 Å². The Morgan fingerprint density at radius 1 is 1.47 bits per heavy atom. The summed E-state index contributed by atoms with van der Waals surface area (Å²) >= 11 is 1.73. The molecule has 0 bridgehead atoms. The van der Waals surface area contributed by atoms with Gasteiger partial charge in [0.2, 0.25) is 0 Å². The van der Waals surface area contributed by atoms with E-state index >= 15 is 0 Å². The fraction of sp³-hybridized carbons (Fsp3) is 0.533. The maximum Gasteiger partial charge on any atom is 0.194 e. The Labute approximate surface area is 118 Å². The van der Waals surface area contributed by atoms with E-state index in [-0.39, 0.29) is 0 Å². The number of hydrogen-bond donors (Lipinski definition) is 1. The van der Waals surface area contributed by atoms with E-state index in [0.717, 1.165) is 43.5 Å². The van der Waals surface area contributed by atoms with Gasteiger partial charge in [0.25, 0.3) is 0 Å². The van der Waals surface area contributed by atoms with Crippen molar-refractivity contribution in [2.75, 3.05) is 6.54 Å². The van der Waals surface area contributed by atoms with Crippen molar-refractivity contribution in [3.8, 4) is 10.6 Å². The third kappa shape index (κ3) is 3.25. The van der Waals surface area contributed by atoms with E-state index in [2.05, 4.69) is 28.7 Å². The molecule has 0 radical (unpaired) electrons. The Bertz CT molecular complexity index is 528. The minimum absolute atomic E-state index is 0.790. The molecular weight excluding hydrogens is 256 g/mol. The number of thiophene rings is 1. The van der Waals surface area contributed by atoms with Gasteiger partial charge >= 0.3 is 0 Å². The van der Waals surface area contributed by atoms with Crippen molar-refractivity contribution in [1.29, 1.82) is 0 Å². The smallest absolute Gasteiger partial charge is 0.194 e.